The molecule has 2 N–H and O–H groups in total. The highest BCUT2D eigenvalue weighted by Crippen LogP contribution is 1.77. The van der Waals surface area contributed by atoms with Gasteiger partial charge in [0.1, 0.15) is 0 Å². The third-order valence-corrected chi connectivity index (χ3v) is 1.75. The second-order valence-corrected chi connectivity index (χ2v) is 2.71. The average Bonchev–Trinajstić information content (AvgIpc) is 2.17. The molecule has 74 valence electrons. The van der Waals surface area contributed by atoms with Crippen molar-refractivity contribution in [2.75, 3.05) is 6.54 Å². The van der Waals surface area contributed by atoms with E-state index >= 15 is 0 Å². The minimum absolute atomic E-state index is 0.156. The highest BCUT2D eigenvalue weighted by atomic mass is 16.2. The zero-order chi connectivity index (χ0) is 10.6. The van der Waals surface area contributed by atoms with Crippen LogP contribution in [0.3, 0.4) is 0 Å². The van der Waals surface area contributed by atoms with Crippen molar-refractivity contribution >= 4 is 0 Å². The Morgan fingerprint density at radius 2 is 2.21 bits per heavy atom. The van der Waals surface area contributed by atoms with Crippen LogP contribution >= 0.6 is 0 Å². The predicted molar refractivity (Wildman–Crippen MR) is 52.8 cm³/mol. The first-order valence-electron chi connectivity index (χ1n) is 4.14. The van der Waals surface area contributed by atoms with Crippen molar-refractivity contribution in [2.24, 2.45) is 5.73 Å². The molecule has 0 aliphatic heterocycles. The Kier molecular flexibility index (Phi) is 3.26. The van der Waals surface area contributed by atoms with Crippen molar-refractivity contribution < 1.29 is 0 Å². The lowest BCUT2D eigenvalue weighted by Crippen LogP contribution is -2.40. The van der Waals surface area contributed by atoms with Gasteiger partial charge in [0.25, 0.3) is 5.56 Å². The molecule has 0 unspecified atom stereocenters. The van der Waals surface area contributed by atoms with Gasteiger partial charge in [-0.3, -0.25) is 13.9 Å². The van der Waals surface area contributed by atoms with Gasteiger partial charge in [-0.2, -0.15) is 0 Å². The molecule has 5 nitrogen and oxygen atoms in total. The van der Waals surface area contributed by atoms with Gasteiger partial charge in [0.15, 0.2) is 0 Å². The number of terminal acetylenes is 1. The first-order valence-corrected chi connectivity index (χ1v) is 4.14. The molecular weight excluding hydrogens is 182 g/mol. The molecule has 1 rings (SSSR count). The summed E-state index contributed by atoms with van der Waals surface area (Å²) in [6, 6.07) is 1.30. The van der Waals surface area contributed by atoms with Crippen molar-refractivity contribution in [1.82, 2.24) is 9.13 Å². The van der Waals surface area contributed by atoms with Crippen LogP contribution in [-0.4, -0.2) is 15.7 Å². The van der Waals surface area contributed by atoms with E-state index in [2.05, 4.69) is 5.92 Å². The molecule has 1 heterocycles. The topological polar surface area (TPSA) is 70.0 Å². The van der Waals surface area contributed by atoms with Gasteiger partial charge in [-0.15, -0.1) is 6.42 Å². The van der Waals surface area contributed by atoms with Crippen LogP contribution in [0.2, 0.25) is 0 Å². The zero-order valence-corrected chi connectivity index (χ0v) is 7.64. The van der Waals surface area contributed by atoms with Gasteiger partial charge >= 0.3 is 5.69 Å². The Balaban J connectivity index is 3.28. The van der Waals surface area contributed by atoms with Crippen LogP contribution < -0.4 is 17.0 Å². The summed E-state index contributed by atoms with van der Waals surface area (Å²) < 4.78 is 2.36. The van der Waals surface area contributed by atoms with Crippen molar-refractivity contribution in [3.63, 3.8) is 0 Å². The first kappa shape index (κ1) is 10.3. The van der Waals surface area contributed by atoms with E-state index in [0.29, 0.717) is 0 Å². The van der Waals surface area contributed by atoms with Gasteiger partial charge in [0.05, 0.1) is 6.54 Å². The molecule has 14 heavy (non-hydrogen) atoms. The highest BCUT2D eigenvalue weighted by molar-refractivity contribution is 4.92. The summed E-state index contributed by atoms with van der Waals surface area (Å²) in [4.78, 5) is 22.8. The number of rotatable bonds is 3. The number of nitrogens with zero attached hydrogens (tertiary/aromatic N) is 2. The van der Waals surface area contributed by atoms with E-state index in [9.17, 15) is 9.59 Å². The van der Waals surface area contributed by atoms with Gasteiger partial charge in [-0.1, -0.05) is 5.92 Å². The normalized spacial score (nSPS) is 9.71. The van der Waals surface area contributed by atoms with E-state index in [-0.39, 0.29) is 25.2 Å². The molecule has 0 radical (unpaired) electrons. The van der Waals surface area contributed by atoms with Crippen molar-refractivity contribution in [1.29, 1.82) is 0 Å². The Morgan fingerprint density at radius 3 is 2.79 bits per heavy atom. The van der Waals surface area contributed by atoms with Crippen LogP contribution in [0.15, 0.2) is 21.9 Å². The summed E-state index contributed by atoms with van der Waals surface area (Å²) in [6.45, 7) is 0.613. The van der Waals surface area contributed by atoms with Crippen LogP contribution in [0.4, 0.5) is 0 Å². The fourth-order valence-electron chi connectivity index (χ4n) is 1.11. The summed E-state index contributed by atoms with van der Waals surface area (Å²) >= 11 is 0. The first-order chi connectivity index (χ1) is 6.70. The summed E-state index contributed by atoms with van der Waals surface area (Å²) in [5, 5.41) is 0. The maximum absolute atomic E-state index is 11.5. The monoisotopic (exact) mass is 193 g/mol. The van der Waals surface area contributed by atoms with Crippen LogP contribution in [-0.2, 0) is 13.1 Å². The standard InChI is InChI=1S/C9H11N3O2/c1-2-5-11-6-3-8(13)12(7-4-10)9(11)14/h1,3,6H,4-5,7,10H2. The largest absolute Gasteiger partial charge is 0.331 e. The summed E-state index contributed by atoms with van der Waals surface area (Å²) in [7, 11) is 0. The predicted octanol–water partition coefficient (Wildman–Crippen LogP) is -1.40. The van der Waals surface area contributed by atoms with Crippen LogP contribution in [0.5, 0.6) is 0 Å². The third kappa shape index (κ3) is 1.92. The van der Waals surface area contributed by atoms with E-state index in [4.69, 9.17) is 12.2 Å². The van der Waals surface area contributed by atoms with E-state index in [0.717, 1.165) is 4.57 Å². The average molecular weight is 193 g/mol. The zero-order valence-electron chi connectivity index (χ0n) is 7.64. The molecule has 0 fully saturated rings. The smallest absolute Gasteiger partial charge is 0.329 e. The van der Waals surface area contributed by atoms with Gasteiger partial charge < -0.3 is 5.73 Å². The second-order valence-electron chi connectivity index (χ2n) is 2.71. The van der Waals surface area contributed by atoms with Crippen LogP contribution in [0, 0.1) is 12.3 Å². The quantitative estimate of drug-likeness (QED) is 0.600. The SMILES string of the molecule is C#CCn1ccc(=O)n(CCN)c1=O. The molecule has 0 saturated carbocycles. The van der Waals surface area contributed by atoms with E-state index < -0.39 is 5.69 Å². The minimum Gasteiger partial charge on any atom is -0.329 e. The molecule has 0 aliphatic carbocycles. The number of aromatic nitrogens is 2. The fraction of sp³-hybridized carbons (Fsp3) is 0.333. The van der Waals surface area contributed by atoms with E-state index in [1.54, 1.807) is 0 Å². The maximum Gasteiger partial charge on any atom is 0.331 e. The molecule has 0 aromatic carbocycles. The Labute approximate surface area is 80.8 Å². The van der Waals surface area contributed by atoms with E-state index in [1.165, 1.54) is 16.8 Å². The van der Waals surface area contributed by atoms with Crippen LogP contribution in [0.1, 0.15) is 0 Å². The molecule has 5 heteroatoms. The lowest BCUT2D eigenvalue weighted by atomic mass is 10.5. The number of hydrogen-bond acceptors (Lipinski definition) is 3. The molecule has 0 bridgehead atoms. The molecular formula is C9H11N3O2. The minimum atomic E-state index is -0.416. The summed E-state index contributed by atoms with van der Waals surface area (Å²) in [5.41, 5.74) is 4.51. The van der Waals surface area contributed by atoms with Gasteiger partial charge in [-0.25, -0.2) is 4.79 Å². The van der Waals surface area contributed by atoms with Crippen molar-refractivity contribution in [3.05, 3.63) is 33.1 Å². The fourth-order valence-corrected chi connectivity index (χ4v) is 1.11. The van der Waals surface area contributed by atoms with Gasteiger partial charge in [0, 0.05) is 25.4 Å². The van der Waals surface area contributed by atoms with Gasteiger partial charge in [-0.05, 0) is 0 Å². The molecule has 0 saturated heterocycles. The molecule has 0 amide bonds. The highest BCUT2D eigenvalue weighted by Gasteiger charge is 2.02. The molecule has 1 aromatic heterocycles. The maximum atomic E-state index is 11.5. The Morgan fingerprint density at radius 1 is 1.50 bits per heavy atom. The lowest BCUT2D eigenvalue weighted by molar-refractivity contribution is 0.586. The van der Waals surface area contributed by atoms with Crippen LogP contribution in [0.25, 0.3) is 0 Å². The van der Waals surface area contributed by atoms with E-state index in [1.807, 2.05) is 0 Å². The van der Waals surface area contributed by atoms with Crippen molar-refractivity contribution in [2.45, 2.75) is 13.1 Å². The Bertz CT molecular complexity index is 464. The Hall–Kier alpha value is -1.80. The van der Waals surface area contributed by atoms with Crippen molar-refractivity contribution in [3.8, 4) is 12.3 Å². The number of nitrogens with two attached hydrogens (primary N) is 1. The summed E-state index contributed by atoms with van der Waals surface area (Å²) in [6.07, 6.45) is 6.46. The molecule has 0 spiro atoms. The molecule has 1 aromatic rings. The molecule has 0 aliphatic rings. The second kappa shape index (κ2) is 4.44. The summed E-state index contributed by atoms with van der Waals surface area (Å²) in [5.74, 6) is 2.33. The van der Waals surface area contributed by atoms with Gasteiger partial charge in [0.2, 0.25) is 0 Å². The molecule has 0 atom stereocenters. The lowest BCUT2D eigenvalue weighted by Gasteiger charge is -2.05. The number of hydrogen-bond donors (Lipinski definition) is 1. The third-order valence-electron chi connectivity index (χ3n) is 1.75.